The molecule has 1 heterocycles. The van der Waals surface area contributed by atoms with E-state index < -0.39 is 5.41 Å². The van der Waals surface area contributed by atoms with Crippen molar-refractivity contribution >= 4 is 17.3 Å². The van der Waals surface area contributed by atoms with E-state index in [-0.39, 0.29) is 11.7 Å². The van der Waals surface area contributed by atoms with Gasteiger partial charge in [0.05, 0.1) is 16.8 Å². The summed E-state index contributed by atoms with van der Waals surface area (Å²) in [6.45, 7) is 5.01. The zero-order valence-corrected chi connectivity index (χ0v) is 11.6. The van der Waals surface area contributed by atoms with Crippen LogP contribution in [-0.4, -0.2) is 26.0 Å². The Labute approximate surface area is 112 Å². The molecule has 3 N–H and O–H groups in total. The van der Waals surface area contributed by atoms with E-state index in [1.807, 2.05) is 6.92 Å². The lowest BCUT2D eigenvalue weighted by molar-refractivity contribution is -0.128. The number of anilines is 2. The first-order chi connectivity index (χ1) is 8.87. The summed E-state index contributed by atoms with van der Waals surface area (Å²) in [5.41, 5.74) is 7.27. The third-order valence-electron chi connectivity index (χ3n) is 3.90. The largest absolute Gasteiger partial charge is 0.397 e. The van der Waals surface area contributed by atoms with Crippen LogP contribution in [0, 0.1) is 18.2 Å². The third kappa shape index (κ3) is 2.37. The normalized spacial score (nSPS) is 22.6. The lowest BCUT2D eigenvalue weighted by atomic mass is 9.89. The Morgan fingerprint density at radius 1 is 1.53 bits per heavy atom. The first kappa shape index (κ1) is 13.6. The van der Waals surface area contributed by atoms with Gasteiger partial charge in [-0.1, -0.05) is 0 Å². The van der Waals surface area contributed by atoms with Crippen molar-refractivity contribution in [3.05, 3.63) is 23.5 Å². The van der Waals surface area contributed by atoms with E-state index in [1.54, 1.807) is 20.0 Å². The maximum absolute atomic E-state index is 13.4. The molecule has 0 aliphatic carbocycles. The maximum Gasteiger partial charge on any atom is 0.227 e. The number of hydrogen-bond acceptors (Lipinski definition) is 3. The van der Waals surface area contributed by atoms with Crippen LogP contribution in [0.1, 0.15) is 18.9 Å². The van der Waals surface area contributed by atoms with E-state index in [9.17, 15) is 9.18 Å². The Bertz CT molecular complexity index is 518. The van der Waals surface area contributed by atoms with Gasteiger partial charge >= 0.3 is 0 Å². The Kier molecular flexibility index (Phi) is 3.39. The minimum absolute atomic E-state index is 0.0346. The number of nitrogens with two attached hydrogens (primary N) is 1. The van der Waals surface area contributed by atoms with Gasteiger partial charge in [0.2, 0.25) is 5.91 Å². The molecule has 1 aliphatic heterocycles. The van der Waals surface area contributed by atoms with Crippen LogP contribution in [0.3, 0.4) is 0 Å². The smallest absolute Gasteiger partial charge is 0.227 e. The first-order valence-corrected chi connectivity index (χ1v) is 6.40. The predicted octanol–water partition coefficient (Wildman–Crippen LogP) is 1.68. The number of benzene rings is 1. The molecular formula is C14H20FN3O. The average molecular weight is 265 g/mol. The van der Waals surface area contributed by atoms with Crippen molar-refractivity contribution in [3.8, 4) is 0 Å². The summed E-state index contributed by atoms with van der Waals surface area (Å²) in [4.78, 5) is 13.9. The van der Waals surface area contributed by atoms with Crippen molar-refractivity contribution in [1.29, 1.82) is 0 Å². The van der Waals surface area contributed by atoms with Crippen molar-refractivity contribution < 1.29 is 9.18 Å². The lowest BCUT2D eigenvalue weighted by Gasteiger charge is -2.25. The minimum atomic E-state index is -0.413. The summed E-state index contributed by atoms with van der Waals surface area (Å²) in [6, 6.07) is 3.10. The maximum atomic E-state index is 13.4. The number of carbonyl (C=O) groups is 1. The molecule has 5 heteroatoms. The van der Waals surface area contributed by atoms with Crippen molar-refractivity contribution in [2.45, 2.75) is 20.3 Å². The quantitative estimate of drug-likeness (QED) is 0.800. The second-order valence-corrected chi connectivity index (χ2v) is 5.47. The van der Waals surface area contributed by atoms with E-state index in [0.29, 0.717) is 17.8 Å². The number of amides is 1. The molecule has 0 spiro atoms. The molecule has 1 saturated heterocycles. The number of nitrogen functional groups attached to an aromatic ring is 1. The zero-order chi connectivity index (χ0) is 14.2. The van der Waals surface area contributed by atoms with E-state index in [1.165, 1.54) is 6.07 Å². The molecule has 4 nitrogen and oxygen atoms in total. The predicted molar refractivity (Wildman–Crippen MR) is 74.6 cm³/mol. The Morgan fingerprint density at radius 2 is 2.21 bits per heavy atom. The molecule has 1 aromatic rings. The van der Waals surface area contributed by atoms with Crippen LogP contribution in [0.25, 0.3) is 0 Å². The number of rotatable bonds is 2. The SMILES string of the molecule is CNC(=O)C1(C)CCN(c2cc(C)c(F)cc2N)C1. The van der Waals surface area contributed by atoms with Crippen molar-refractivity contribution in [3.63, 3.8) is 0 Å². The van der Waals surface area contributed by atoms with Crippen LogP contribution < -0.4 is 16.0 Å². The van der Waals surface area contributed by atoms with Crippen molar-refractivity contribution in [1.82, 2.24) is 5.32 Å². The van der Waals surface area contributed by atoms with Crippen LogP contribution in [0.5, 0.6) is 0 Å². The average Bonchev–Trinajstić information content (AvgIpc) is 2.76. The third-order valence-corrected chi connectivity index (χ3v) is 3.90. The highest BCUT2D eigenvalue weighted by molar-refractivity contribution is 5.84. The molecule has 1 aliphatic rings. The second kappa shape index (κ2) is 4.72. The fourth-order valence-corrected chi connectivity index (χ4v) is 2.61. The number of carbonyl (C=O) groups excluding carboxylic acids is 1. The summed E-state index contributed by atoms with van der Waals surface area (Å²) in [5, 5.41) is 2.70. The van der Waals surface area contributed by atoms with Crippen molar-refractivity contribution in [2.24, 2.45) is 5.41 Å². The van der Waals surface area contributed by atoms with E-state index >= 15 is 0 Å². The van der Waals surface area contributed by atoms with E-state index in [0.717, 1.165) is 18.7 Å². The topological polar surface area (TPSA) is 58.4 Å². The van der Waals surface area contributed by atoms with Gasteiger partial charge in [-0.25, -0.2) is 4.39 Å². The fourth-order valence-electron chi connectivity index (χ4n) is 2.61. The van der Waals surface area contributed by atoms with Crippen LogP contribution in [0.15, 0.2) is 12.1 Å². The number of aryl methyl sites for hydroxylation is 1. The van der Waals surface area contributed by atoms with Gasteiger partial charge in [0.15, 0.2) is 0 Å². The van der Waals surface area contributed by atoms with Crippen LogP contribution in [0.2, 0.25) is 0 Å². The number of nitrogens with one attached hydrogen (secondary N) is 1. The Morgan fingerprint density at radius 3 is 2.84 bits per heavy atom. The van der Waals surface area contributed by atoms with E-state index in [2.05, 4.69) is 10.2 Å². The molecule has 0 bridgehead atoms. The minimum Gasteiger partial charge on any atom is -0.397 e. The van der Waals surface area contributed by atoms with Gasteiger partial charge in [0, 0.05) is 20.1 Å². The molecule has 1 atom stereocenters. The molecule has 1 aromatic carbocycles. The van der Waals surface area contributed by atoms with Gasteiger partial charge in [-0.15, -0.1) is 0 Å². The first-order valence-electron chi connectivity index (χ1n) is 6.40. The summed E-state index contributed by atoms with van der Waals surface area (Å²) in [6.07, 6.45) is 0.766. The summed E-state index contributed by atoms with van der Waals surface area (Å²) >= 11 is 0. The summed E-state index contributed by atoms with van der Waals surface area (Å²) in [7, 11) is 1.65. The van der Waals surface area contributed by atoms with Crippen LogP contribution >= 0.6 is 0 Å². The number of hydrogen-bond donors (Lipinski definition) is 2. The zero-order valence-electron chi connectivity index (χ0n) is 11.6. The van der Waals surface area contributed by atoms with Gasteiger partial charge in [0.1, 0.15) is 5.82 Å². The molecule has 1 fully saturated rings. The van der Waals surface area contributed by atoms with Gasteiger partial charge in [-0.3, -0.25) is 4.79 Å². The van der Waals surface area contributed by atoms with Crippen LogP contribution in [0.4, 0.5) is 15.8 Å². The standard InChI is InChI=1S/C14H20FN3O/c1-9-6-12(11(16)7-10(9)15)18-5-4-14(2,8-18)13(19)17-3/h6-7H,4-5,8,16H2,1-3H3,(H,17,19). The van der Waals surface area contributed by atoms with Gasteiger partial charge < -0.3 is 16.0 Å². The van der Waals surface area contributed by atoms with Gasteiger partial charge in [-0.05, 0) is 38.0 Å². The molecular weight excluding hydrogens is 245 g/mol. The molecule has 0 saturated carbocycles. The molecule has 0 radical (unpaired) electrons. The fraction of sp³-hybridized carbons (Fsp3) is 0.500. The molecule has 2 rings (SSSR count). The summed E-state index contributed by atoms with van der Waals surface area (Å²) in [5.74, 6) is -0.262. The second-order valence-electron chi connectivity index (χ2n) is 5.47. The molecule has 104 valence electrons. The van der Waals surface area contributed by atoms with Gasteiger partial charge in [0.25, 0.3) is 0 Å². The molecule has 1 unspecified atom stereocenters. The highest BCUT2D eigenvalue weighted by Crippen LogP contribution is 2.36. The monoisotopic (exact) mass is 265 g/mol. The number of nitrogens with zero attached hydrogens (tertiary/aromatic N) is 1. The van der Waals surface area contributed by atoms with E-state index in [4.69, 9.17) is 5.73 Å². The highest BCUT2D eigenvalue weighted by Gasteiger charge is 2.40. The Hall–Kier alpha value is -1.78. The molecule has 1 amide bonds. The lowest BCUT2D eigenvalue weighted by Crippen LogP contribution is -2.39. The highest BCUT2D eigenvalue weighted by atomic mass is 19.1. The summed E-state index contributed by atoms with van der Waals surface area (Å²) < 4.78 is 13.4. The van der Waals surface area contributed by atoms with Crippen LogP contribution in [-0.2, 0) is 4.79 Å². The Balaban J connectivity index is 2.26. The molecule has 19 heavy (non-hydrogen) atoms. The van der Waals surface area contributed by atoms with Crippen molar-refractivity contribution in [2.75, 3.05) is 30.8 Å². The van der Waals surface area contributed by atoms with Gasteiger partial charge in [-0.2, -0.15) is 0 Å². The number of halogens is 1. The molecule has 0 aromatic heterocycles.